The van der Waals surface area contributed by atoms with E-state index in [0.717, 1.165) is 34.5 Å². The Morgan fingerprint density at radius 1 is 1.14 bits per heavy atom. The normalized spacial score (nSPS) is 14.1. The zero-order valence-corrected chi connectivity index (χ0v) is 17.3. The second-order valence-electron chi connectivity index (χ2n) is 7.18. The van der Waals surface area contributed by atoms with Crippen LogP contribution in [0.3, 0.4) is 0 Å². The van der Waals surface area contributed by atoms with E-state index < -0.39 is 0 Å². The van der Waals surface area contributed by atoms with Crippen LogP contribution in [0.5, 0.6) is 5.88 Å². The minimum atomic E-state index is 0.136. The number of para-hydroxylation sites is 1. The number of hydrogen-bond donors (Lipinski definition) is 1. The highest BCUT2D eigenvalue weighted by molar-refractivity contribution is 7.71. The predicted octanol–water partition coefficient (Wildman–Crippen LogP) is 5.69. The number of aromatic hydroxyl groups is 1. The Morgan fingerprint density at radius 3 is 2.64 bits per heavy atom. The summed E-state index contributed by atoms with van der Waals surface area (Å²) in [5.74, 6) is 0.136. The van der Waals surface area contributed by atoms with Gasteiger partial charge in [0.15, 0.2) is 4.77 Å². The topological polar surface area (TPSA) is 42.5 Å². The standard InChI is InChI=1S/C23H23N3OS/c1-5-16-7-6-8-19-17(13-24-21(16)19)12-20-22(27)26(23(28)25(20)4)18-10-9-14(2)15(3)11-18/h6-13,27H,5H2,1-4H3. The van der Waals surface area contributed by atoms with Crippen LogP contribution in [0.2, 0.25) is 0 Å². The van der Waals surface area contributed by atoms with E-state index in [4.69, 9.17) is 12.2 Å². The van der Waals surface area contributed by atoms with E-state index in [1.54, 1.807) is 4.57 Å². The number of aryl methyl sites for hydroxylation is 3. The molecular formula is C23H23N3OS. The molecular weight excluding hydrogens is 366 g/mol. The summed E-state index contributed by atoms with van der Waals surface area (Å²) in [5.41, 5.74) is 8.20. The van der Waals surface area contributed by atoms with Gasteiger partial charge in [0, 0.05) is 24.4 Å². The van der Waals surface area contributed by atoms with Crippen LogP contribution in [0.15, 0.2) is 41.4 Å². The first-order chi connectivity index (χ1) is 13.4. The van der Waals surface area contributed by atoms with E-state index in [-0.39, 0.29) is 5.88 Å². The Kier molecular flexibility index (Phi) is 4.55. The van der Waals surface area contributed by atoms with Crippen LogP contribution in [0.25, 0.3) is 17.3 Å². The molecule has 5 heteroatoms. The molecule has 2 aromatic carbocycles. The highest BCUT2D eigenvalue weighted by Crippen LogP contribution is 2.37. The Labute approximate surface area is 170 Å². The largest absolute Gasteiger partial charge is 0.493 e. The molecule has 1 N–H and O–H groups in total. The van der Waals surface area contributed by atoms with E-state index in [1.165, 1.54) is 11.1 Å². The average Bonchev–Trinajstić information content (AvgIpc) is 3.19. The fourth-order valence-electron chi connectivity index (χ4n) is 3.59. The van der Waals surface area contributed by atoms with Crippen LogP contribution in [0, 0.1) is 18.6 Å². The number of fused-ring (bicyclic) bond motifs is 1. The second-order valence-corrected chi connectivity index (χ2v) is 7.54. The third-order valence-corrected chi connectivity index (χ3v) is 5.92. The molecule has 2 heterocycles. The van der Waals surface area contributed by atoms with E-state index in [9.17, 15) is 5.11 Å². The van der Waals surface area contributed by atoms with Gasteiger partial charge in [0.25, 0.3) is 0 Å². The number of rotatable bonds is 3. The molecule has 0 aliphatic carbocycles. The van der Waals surface area contributed by atoms with E-state index in [2.05, 4.69) is 44.0 Å². The minimum absolute atomic E-state index is 0.136. The first kappa shape index (κ1) is 18.4. The summed E-state index contributed by atoms with van der Waals surface area (Å²) in [6.07, 6.45) is 4.75. The van der Waals surface area contributed by atoms with Crippen LogP contribution in [0.1, 0.15) is 34.9 Å². The number of aliphatic imine (C=N–C) groups is 1. The number of allylic oxidation sites excluding steroid dienone is 1. The maximum absolute atomic E-state index is 11.0. The van der Waals surface area contributed by atoms with Gasteiger partial charge in [-0.05, 0) is 67.4 Å². The van der Waals surface area contributed by atoms with Gasteiger partial charge in [-0.25, -0.2) is 0 Å². The number of imidazole rings is 1. The van der Waals surface area contributed by atoms with Gasteiger partial charge >= 0.3 is 0 Å². The Balaban J connectivity index is 1.86. The summed E-state index contributed by atoms with van der Waals surface area (Å²) < 4.78 is 4.09. The summed E-state index contributed by atoms with van der Waals surface area (Å²) in [7, 11) is 1.88. The monoisotopic (exact) mass is 389 g/mol. The molecule has 142 valence electrons. The van der Waals surface area contributed by atoms with Crippen molar-refractivity contribution in [3.05, 3.63) is 69.1 Å². The summed E-state index contributed by atoms with van der Waals surface area (Å²) in [5, 5.41) is 11.0. The summed E-state index contributed by atoms with van der Waals surface area (Å²) in [6.45, 7) is 6.26. The fraction of sp³-hybridized carbons (Fsp3) is 0.217. The van der Waals surface area contributed by atoms with E-state index in [0.29, 0.717) is 10.5 Å². The van der Waals surface area contributed by atoms with Crippen molar-refractivity contribution in [1.82, 2.24) is 9.13 Å². The number of hydrogen-bond acceptors (Lipinski definition) is 3. The fourth-order valence-corrected chi connectivity index (χ4v) is 3.89. The zero-order chi connectivity index (χ0) is 20.0. The molecule has 0 saturated carbocycles. The quantitative estimate of drug-likeness (QED) is 0.585. The molecule has 1 aromatic heterocycles. The van der Waals surface area contributed by atoms with E-state index in [1.807, 2.05) is 42.1 Å². The van der Waals surface area contributed by atoms with Crippen LogP contribution in [-0.2, 0) is 13.5 Å². The minimum Gasteiger partial charge on any atom is -0.493 e. The van der Waals surface area contributed by atoms with Crippen molar-refractivity contribution in [3.63, 3.8) is 0 Å². The highest BCUT2D eigenvalue weighted by atomic mass is 32.1. The zero-order valence-electron chi connectivity index (χ0n) is 16.5. The van der Waals surface area contributed by atoms with Crippen LogP contribution in [0.4, 0.5) is 5.69 Å². The van der Waals surface area contributed by atoms with Gasteiger partial charge in [0.2, 0.25) is 5.88 Å². The molecule has 3 aromatic rings. The predicted molar refractivity (Wildman–Crippen MR) is 119 cm³/mol. The van der Waals surface area contributed by atoms with E-state index >= 15 is 0 Å². The third-order valence-electron chi connectivity index (χ3n) is 5.47. The molecule has 4 rings (SSSR count). The molecule has 0 atom stereocenters. The molecule has 0 bridgehead atoms. The Hall–Kier alpha value is -2.92. The molecule has 0 amide bonds. The molecule has 1 aliphatic rings. The molecule has 0 radical (unpaired) electrons. The first-order valence-corrected chi connectivity index (χ1v) is 9.79. The van der Waals surface area contributed by atoms with Gasteiger partial charge in [-0.2, -0.15) is 0 Å². The second kappa shape index (κ2) is 6.91. The molecule has 4 nitrogen and oxygen atoms in total. The maximum Gasteiger partial charge on any atom is 0.222 e. The lowest BCUT2D eigenvalue weighted by atomic mass is 10.0. The number of benzene rings is 2. The highest BCUT2D eigenvalue weighted by Gasteiger charge is 2.19. The molecule has 0 fully saturated rings. The van der Waals surface area contributed by atoms with Gasteiger partial charge in [0.05, 0.1) is 11.4 Å². The van der Waals surface area contributed by atoms with Gasteiger partial charge in [-0.15, -0.1) is 0 Å². The van der Waals surface area contributed by atoms with Gasteiger partial charge < -0.3 is 9.67 Å². The average molecular weight is 390 g/mol. The maximum atomic E-state index is 11.0. The van der Waals surface area contributed by atoms with Gasteiger partial charge in [-0.3, -0.25) is 9.56 Å². The van der Waals surface area contributed by atoms with Crippen molar-refractivity contribution in [2.45, 2.75) is 27.2 Å². The van der Waals surface area contributed by atoms with Crippen LogP contribution in [-0.4, -0.2) is 20.5 Å². The molecule has 1 aliphatic heterocycles. The van der Waals surface area contributed by atoms with Crippen molar-refractivity contribution in [2.24, 2.45) is 12.0 Å². The van der Waals surface area contributed by atoms with Crippen molar-refractivity contribution >= 4 is 35.8 Å². The number of nitrogens with zero attached hydrogens (tertiary/aromatic N) is 3. The van der Waals surface area contributed by atoms with Crippen molar-refractivity contribution in [2.75, 3.05) is 0 Å². The number of aromatic nitrogens is 2. The Bertz CT molecular complexity index is 1210. The molecule has 0 spiro atoms. The molecule has 28 heavy (non-hydrogen) atoms. The summed E-state index contributed by atoms with van der Waals surface area (Å²) in [4.78, 5) is 4.60. The van der Waals surface area contributed by atoms with Gasteiger partial charge in [-0.1, -0.05) is 31.2 Å². The smallest absolute Gasteiger partial charge is 0.222 e. The molecule has 0 unspecified atom stereocenters. The van der Waals surface area contributed by atoms with Crippen molar-refractivity contribution in [3.8, 4) is 11.6 Å². The third kappa shape index (κ3) is 2.83. The summed E-state index contributed by atoms with van der Waals surface area (Å²) >= 11 is 5.62. The lowest BCUT2D eigenvalue weighted by Gasteiger charge is -2.07. The lowest BCUT2D eigenvalue weighted by Crippen LogP contribution is -1.97. The van der Waals surface area contributed by atoms with Gasteiger partial charge in [0.1, 0.15) is 5.69 Å². The molecule has 0 saturated heterocycles. The SMILES string of the molecule is CCc1cccc2c1N=CC2=Cc1c(O)n(-c2ccc(C)c(C)c2)c(=S)n1C. The van der Waals surface area contributed by atoms with Crippen molar-refractivity contribution in [1.29, 1.82) is 0 Å². The van der Waals surface area contributed by atoms with Crippen molar-refractivity contribution < 1.29 is 5.11 Å². The lowest BCUT2D eigenvalue weighted by molar-refractivity contribution is 0.440. The van der Waals surface area contributed by atoms with Crippen LogP contribution < -0.4 is 0 Å². The Morgan fingerprint density at radius 2 is 1.93 bits per heavy atom. The first-order valence-electron chi connectivity index (χ1n) is 9.38. The van der Waals surface area contributed by atoms with Crippen LogP contribution >= 0.6 is 12.2 Å². The summed E-state index contributed by atoms with van der Waals surface area (Å²) in [6, 6.07) is 12.3.